The summed E-state index contributed by atoms with van der Waals surface area (Å²) >= 11 is 1.97. The van der Waals surface area contributed by atoms with Gasteiger partial charge in [-0.05, 0) is 74.6 Å². The zero-order valence-electron chi connectivity index (χ0n) is 16.1. The molecule has 0 radical (unpaired) electrons. The first-order valence-electron chi connectivity index (χ1n) is 8.59. The third kappa shape index (κ3) is 4.31. The standard InChI is InChI=1S/C19H18FIN4O4/c1-10-7-15-12(9-22-24(15)18(26)29-19(2,3)4)16(17(10)25(27)28)23-14-6-5-11(21)8-13(14)20/h5-9,23H,1-4H3. The average Bonchev–Trinajstić information content (AvgIpc) is 2.99. The van der Waals surface area contributed by atoms with Gasteiger partial charge in [0.05, 0.1) is 27.7 Å². The van der Waals surface area contributed by atoms with Crippen LogP contribution in [0.5, 0.6) is 0 Å². The molecule has 0 atom stereocenters. The number of nitrogens with zero attached hydrogens (tertiary/aromatic N) is 3. The van der Waals surface area contributed by atoms with Crippen LogP contribution < -0.4 is 5.32 Å². The predicted molar refractivity (Wildman–Crippen MR) is 115 cm³/mol. The van der Waals surface area contributed by atoms with E-state index in [0.717, 1.165) is 4.68 Å². The van der Waals surface area contributed by atoms with Gasteiger partial charge in [0, 0.05) is 9.13 Å². The lowest BCUT2D eigenvalue weighted by atomic mass is 10.1. The maximum atomic E-state index is 14.4. The molecule has 0 saturated heterocycles. The second kappa shape index (κ2) is 7.58. The number of carbonyl (C=O) groups excluding carboxylic acids is 1. The van der Waals surface area contributed by atoms with Crippen molar-refractivity contribution in [3.63, 3.8) is 0 Å². The lowest BCUT2D eigenvalue weighted by molar-refractivity contribution is -0.384. The van der Waals surface area contributed by atoms with Crippen molar-refractivity contribution >= 4 is 56.6 Å². The highest BCUT2D eigenvalue weighted by Gasteiger charge is 2.27. The number of nitro groups is 1. The summed E-state index contributed by atoms with van der Waals surface area (Å²) in [5.41, 5.74) is -0.224. The Balaban J connectivity index is 2.20. The highest BCUT2D eigenvalue weighted by Crippen LogP contribution is 2.39. The van der Waals surface area contributed by atoms with Crippen LogP contribution in [-0.4, -0.2) is 26.4 Å². The average molecular weight is 512 g/mol. The number of benzene rings is 2. The van der Waals surface area contributed by atoms with Gasteiger partial charge in [-0.3, -0.25) is 10.1 Å². The van der Waals surface area contributed by atoms with E-state index >= 15 is 0 Å². The Morgan fingerprint density at radius 2 is 2.03 bits per heavy atom. The third-order valence-electron chi connectivity index (χ3n) is 3.98. The van der Waals surface area contributed by atoms with Crippen LogP contribution in [0.15, 0.2) is 30.5 Å². The molecule has 0 amide bonds. The van der Waals surface area contributed by atoms with Crippen molar-refractivity contribution in [2.45, 2.75) is 33.3 Å². The highest BCUT2D eigenvalue weighted by molar-refractivity contribution is 14.1. The van der Waals surface area contributed by atoms with Crippen molar-refractivity contribution in [3.8, 4) is 0 Å². The van der Waals surface area contributed by atoms with Gasteiger partial charge in [-0.1, -0.05) is 0 Å². The summed E-state index contributed by atoms with van der Waals surface area (Å²) in [4.78, 5) is 23.6. The number of halogens is 2. The molecule has 152 valence electrons. The van der Waals surface area contributed by atoms with Crippen LogP contribution in [-0.2, 0) is 4.74 Å². The predicted octanol–water partition coefficient (Wildman–Crippen LogP) is 5.52. The first-order chi connectivity index (χ1) is 13.5. The summed E-state index contributed by atoms with van der Waals surface area (Å²) in [5.74, 6) is -0.555. The normalized spacial score (nSPS) is 11.5. The molecular formula is C19H18FIN4O4. The van der Waals surface area contributed by atoms with Gasteiger partial charge in [0.25, 0.3) is 5.69 Å². The molecule has 0 bridgehead atoms. The number of carbonyl (C=O) groups is 1. The van der Waals surface area contributed by atoms with Crippen molar-refractivity contribution in [2.75, 3.05) is 5.32 Å². The molecule has 3 rings (SSSR count). The van der Waals surface area contributed by atoms with Crippen molar-refractivity contribution in [2.24, 2.45) is 0 Å². The number of hydrogen-bond donors (Lipinski definition) is 1. The highest BCUT2D eigenvalue weighted by atomic mass is 127. The van der Waals surface area contributed by atoms with Crippen LogP contribution in [0, 0.1) is 26.4 Å². The van der Waals surface area contributed by atoms with Crippen molar-refractivity contribution in [1.82, 2.24) is 9.78 Å². The zero-order chi connectivity index (χ0) is 21.5. The van der Waals surface area contributed by atoms with E-state index in [-0.39, 0.29) is 17.1 Å². The summed E-state index contributed by atoms with van der Waals surface area (Å²) < 4.78 is 21.4. The Kier molecular flexibility index (Phi) is 5.48. The maximum absolute atomic E-state index is 14.4. The largest absolute Gasteiger partial charge is 0.442 e. The van der Waals surface area contributed by atoms with Gasteiger partial charge in [-0.15, -0.1) is 0 Å². The van der Waals surface area contributed by atoms with E-state index in [0.29, 0.717) is 20.0 Å². The van der Waals surface area contributed by atoms with Gasteiger partial charge < -0.3 is 10.1 Å². The molecule has 0 fully saturated rings. The molecule has 29 heavy (non-hydrogen) atoms. The number of fused-ring (bicyclic) bond motifs is 1. The van der Waals surface area contributed by atoms with Crippen LogP contribution in [0.25, 0.3) is 10.9 Å². The monoisotopic (exact) mass is 512 g/mol. The zero-order valence-corrected chi connectivity index (χ0v) is 18.3. The van der Waals surface area contributed by atoms with Crippen LogP contribution in [0.4, 0.5) is 26.2 Å². The van der Waals surface area contributed by atoms with Crippen LogP contribution in [0.1, 0.15) is 26.3 Å². The second-order valence-electron chi connectivity index (χ2n) is 7.39. The minimum atomic E-state index is -0.740. The SMILES string of the molecule is Cc1cc2c(cnn2C(=O)OC(C)(C)C)c(Nc2ccc(I)cc2F)c1[N+](=O)[O-]. The number of nitrogens with one attached hydrogen (secondary N) is 1. The minimum absolute atomic E-state index is 0.0555. The number of ether oxygens (including phenoxy) is 1. The summed E-state index contributed by atoms with van der Waals surface area (Å²) in [6.07, 6.45) is 0.602. The Bertz CT molecular complexity index is 1140. The first-order valence-corrected chi connectivity index (χ1v) is 9.67. The lowest BCUT2D eigenvalue weighted by Gasteiger charge is -2.19. The van der Waals surface area contributed by atoms with E-state index < -0.39 is 22.4 Å². The smallest absolute Gasteiger partial charge is 0.435 e. The molecule has 8 nitrogen and oxygen atoms in total. The minimum Gasteiger partial charge on any atom is -0.442 e. The van der Waals surface area contributed by atoms with Gasteiger partial charge >= 0.3 is 6.09 Å². The van der Waals surface area contributed by atoms with Crippen molar-refractivity contribution < 1.29 is 18.8 Å². The van der Waals surface area contributed by atoms with E-state index in [2.05, 4.69) is 10.4 Å². The number of anilines is 2. The Morgan fingerprint density at radius 1 is 1.34 bits per heavy atom. The van der Waals surface area contributed by atoms with E-state index in [1.807, 2.05) is 22.6 Å². The van der Waals surface area contributed by atoms with Gasteiger partial charge in [-0.2, -0.15) is 9.78 Å². The topological polar surface area (TPSA) is 99.3 Å². The van der Waals surface area contributed by atoms with E-state index in [1.165, 1.54) is 24.4 Å². The summed E-state index contributed by atoms with van der Waals surface area (Å²) in [6, 6.07) is 5.97. The molecule has 1 N–H and O–H groups in total. The third-order valence-corrected chi connectivity index (χ3v) is 4.65. The molecule has 0 spiro atoms. The maximum Gasteiger partial charge on any atom is 0.435 e. The van der Waals surface area contributed by atoms with Crippen molar-refractivity contribution in [3.05, 3.63) is 55.5 Å². The van der Waals surface area contributed by atoms with Crippen molar-refractivity contribution in [1.29, 1.82) is 0 Å². The molecule has 0 aliphatic carbocycles. The van der Waals surface area contributed by atoms with Gasteiger partial charge in [0.15, 0.2) is 0 Å². The fourth-order valence-corrected chi connectivity index (χ4v) is 3.28. The molecule has 0 unspecified atom stereocenters. The molecule has 2 aromatic carbocycles. The summed E-state index contributed by atoms with van der Waals surface area (Å²) in [7, 11) is 0. The molecule has 0 saturated carbocycles. The van der Waals surface area contributed by atoms with Gasteiger partial charge in [0.1, 0.15) is 17.1 Å². The number of hydrogen-bond acceptors (Lipinski definition) is 6. The van der Waals surface area contributed by atoms with E-state index in [9.17, 15) is 19.3 Å². The first kappa shape index (κ1) is 21.0. The molecule has 0 aliphatic heterocycles. The Hall–Kier alpha value is -2.76. The lowest BCUT2D eigenvalue weighted by Crippen LogP contribution is -2.27. The Morgan fingerprint density at radius 3 is 2.62 bits per heavy atom. The number of aryl methyl sites for hydroxylation is 1. The number of nitro benzene ring substituents is 1. The van der Waals surface area contributed by atoms with E-state index in [4.69, 9.17) is 4.74 Å². The summed E-state index contributed by atoms with van der Waals surface area (Å²) in [6.45, 7) is 6.71. The van der Waals surface area contributed by atoms with Gasteiger partial charge in [-0.25, -0.2) is 9.18 Å². The second-order valence-corrected chi connectivity index (χ2v) is 8.64. The molecule has 3 aromatic rings. The van der Waals surface area contributed by atoms with Crippen LogP contribution in [0.2, 0.25) is 0 Å². The number of rotatable bonds is 3. The number of aromatic nitrogens is 2. The molecule has 1 aromatic heterocycles. The Labute approximate surface area is 179 Å². The summed E-state index contributed by atoms with van der Waals surface area (Å²) in [5, 5.41) is 18.8. The fourth-order valence-electron chi connectivity index (χ4n) is 2.83. The molecule has 1 heterocycles. The molecule has 10 heteroatoms. The van der Waals surface area contributed by atoms with Gasteiger partial charge in [0.2, 0.25) is 0 Å². The molecular weight excluding hydrogens is 494 g/mol. The fraction of sp³-hybridized carbons (Fsp3) is 0.263. The van der Waals surface area contributed by atoms with E-state index in [1.54, 1.807) is 33.8 Å². The molecule has 0 aliphatic rings. The van der Waals surface area contributed by atoms with Crippen LogP contribution >= 0.6 is 22.6 Å². The quantitative estimate of drug-likeness (QED) is 0.282. The van der Waals surface area contributed by atoms with Crippen LogP contribution in [0.3, 0.4) is 0 Å².